The Labute approximate surface area is 330 Å². The molecule has 0 N–H and O–H groups in total. The molecule has 3 heterocycles. The summed E-state index contributed by atoms with van der Waals surface area (Å²) < 4.78 is 4.75. The van der Waals surface area contributed by atoms with Gasteiger partial charge in [-0.1, -0.05) is 164 Å². The number of benzene rings is 7. The first-order valence-corrected chi connectivity index (χ1v) is 19.2. The summed E-state index contributed by atoms with van der Waals surface area (Å²) in [4.78, 5) is 15.4. The van der Waals surface area contributed by atoms with Crippen LogP contribution in [0.5, 0.6) is 0 Å². The van der Waals surface area contributed by atoms with E-state index in [0.717, 1.165) is 60.6 Å². The van der Waals surface area contributed by atoms with Crippen molar-refractivity contribution in [3.05, 3.63) is 211 Å². The van der Waals surface area contributed by atoms with E-state index >= 15 is 0 Å². The van der Waals surface area contributed by atoms with Gasteiger partial charge in [0, 0.05) is 43.8 Å². The smallest absolute Gasteiger partial charge is 0.166 e. The van der Waals surface area contributed by atoms with Crippen LogP contribution >= 0.6 is 0 Å². The lowest BCUT2D eigenvalue weighted by atomic mass is 10.0. The fraction of sp³-hybridized carbons (Fsp3) is 0.0192. The maximum absolute atomic E-state index is 5.20. The van der Waals surface area contributed by atoms with Crippen LogP contribution in [-0.4, -0.2) is 24.1 Å². The zero-order chi connectivity index (χ0) is 38.3. The average Bonchev–Trinajstić information content (AvgIpc) is 3.77. The maximum Gasteiger partial charge on any atom is 0.166 e. The van der Waals surface area contributed by atoms with E-state index in [1.807, 2.05) is 73.7 Å². The summed E-state index contributed by atoms with van der Waals surface area (Å²) in [5.41, 5.74) is 10.4. The van der Waals surface area contributed by atoms with Crippen LogP contribution in [-0.2, 0) is 0 Å². The van der Waals surface area contributed by atoms with E-state index < -0.39 is 0 Å². The molecule has 5 heteroatoms. The number of fused-ring (bicyclic) bond motifs is 4. The molecule has 0 amide bonds. The van der Waals surface area contributed by atoms with E-state index in [2.05, 4.69) is 137 Å². The molecule has 0 radical (unpaired) electrons. The van der Waals surface area contributed by atoms with Crippen molar-refractivity contribution < 1.29 is 0 Å². The van der Waals surface area contributed by atoms with Gasteiger partial charge in [-0.25, -0.2) is 15.0 Å². The quantitative estimate of drug-likeness (QED) is 0.164. The highest BCUT2D eigenvalue weighted by Gasteiger charge is 2.22. The third kappa shape index (κ3) is 5.85. The molecule has 0 atom stereocenters. The predicted octanol–water partition coefficient (Wildman–Crippen LogP) is 11.1. The molecule has 5 nitrogen and oxygen atoms in total. The largest absolute Gasteiger partial charge is 0.307 e. The highest BCUT2D eigenvalue weighted by molar-refractivity contribution is 6.11. The molecular weight excluding hydrogens is 695 g/mol. The highest BCUT2D eigenvalue weighted by Crippen LogP contribution is 2.37. The molecule has 0 aliphatic heterocycles. The average molecular weight is 732 g/mol. The Bertz CT molecular complexity index is 3180. The monoisotopic (exact) mass is 731 g/mol. The molecule has 10 rings (SSSR count). The summed E-state index contributed by atoms with van der Waals surface area (Å²) in [6, 6.07) is 63.4. The topological polar surface area (TPSA) is 48.5 Å². The molecule has 0 bridgehead atoms. The Morgan fingerprint density at radius 2 is 1.05 bits per heavy atom. The molecular formula is C52H37N5. The number of para-hydroxylation sites is 3. The first-order chi connectivity index (χ1) is 28.2. The number of hydrogen-bond donors (Lipinski definition) is 0. The van der Waals surface area contributed by atoms with Crippen molar-refractivity contribution in [2.24, 2.45) is 0 Å². The Hall–Kier alpha value is -7.63. The molecule has 0 saturated heterocycles. The van der Waals surface area contributed by atoms with Crippen LogP contribution in [0, 0.1) is 0 Å². The highest BCUT2D eigenvalue weighted by atomic mass is 15.1. The second-order valence-electron chi connectivity index (χ2n) is 14.1. The van der Waals surface area contributed by atoms with Crippen molar-refractivity contribution in [3.63, 3.8) is 0 Å². The molecule has 0 spiro atoms. The Morgan fingerprint density at radius 1 is 0.491 bits per heavy atom. The molecule has 57 heavy (non-hydrogen) atoms. The first kappa shape index (κ1) is 33.9. The minimum Gasteiger partial charge on any atom is -0.307 e. The Balaban J connectivity index is 1.33. The van der Waals surface area contributed by atoms with Gasteiger partial charge in [-0.05, 0) is 54.4 Å². The van der Waals surface area contributed by atoms with Gasteiger partial charge < -0.3 is 9.13 Å². The van der Waals surface area contributed by atoms with Crippen molar-refractivity contribution in [3.8, 4) is 45.3 Å². The second-order valence-corrected chi connectivity index (χ2v) is 14.1. The lowest BCUT2D eigenvalue weighted by Crippen LogP contribution is -2.31. The van der Waals surface area contributed by atoms with Crippen LogP contribution in [0.3, 0.4) is 0 Å². The van der Waals surface area contributed by atoms with Crippen molar-refractivity contribution in [1.29, 1.82) is 0 Å². The predicted molar refractivity (Wildman–Crippen MR) is 236 cm³/mol. The van der Waals surface area contributed by atoms with Crippen molar-refractivity contribution >= 4 is 44.9 Å². The number of hydrogen-bond acceptors (Lipinski definition) is 3. The van der Waals surface area contributed by atoms with Crippen molar-refractivity contribution in [1.82, 2.24) is 24.1 Å². The zero-order valence-corrected chi connectivity index (χ0v) is 31.4. The molecule has 10 aromatic rings. The van der Waals surface area contributed by atoms with E-state index in [1.165, 1.54) is 21.9 Å². The van der Waals surface area contributed by atoms with Gasteiger partial charge in [-0.15, -0.1) is 0 Å². The molecule has 270 valence electrons. The van der Waals surface area contributed by atoms with Crippen LogP contribution < -0.4 is 10.6 Å². The normalized spacial score (nSPS) is 12.2. The van der Waals surface area contributed by atoms with E-state index in [9.17, 15) is 0 Å². The minimum atomic E-state index is 0.567. The third-order valence-electron chi connectivity index (χ3n) is 10.6. The molecule has 0 saturated carbocycles. The van der Waals surface area contributed by atoms with Gasteiger partial charge in [0.25, 0.3) is 0 Å². The van der Waals surface area contributed by atoms with Gasteiger partial charge in [0.15, 0.2) is 17.5 Å². The van der Waals surface area contributed by atoms with E-state index in [4.69, 9.17) is 21.5 Å². The van der Waals surface area contributed by atoms with Gasteiger partial charge in [0.05, 0.1) is 27.6 Å². The summed E-state index contributed by atoms with van der Waals surface area (Å²) >= 11 is 0. The van der Waals surface area contributed by atoms with Gasteiger partial charge >= 0.3 is 0 Å². The second kappa shape index (κ2) is 14.2. The fourth-order valence-corrected chi connectivity index (χ4v) is 8.08. The summed E-state index contributed by atoms with van der Waals surface area (Å²) in [7, 11) is 0. The van der Waals surface area contributed by atoms with E-state index in [1.54, 1.807) is 0 Å². The number of nitrogens with zero attached hydrogens (tertiary/aromatic N) is 5. The van der Waals surface area contributed by atoms with Gasteiger partial charge in [-0.3, -0.25) is 0 Å². The summed E-state index contributed by atoms with van der Waals surface area (Å²) in [5, 5.41) is 5.24. The van der Waals surface area contributed by atoms with Gasteiger partial charge in [-0.2, -0.15) is 0 Å². The Kier molecular flexibility index (Phi) is 8.46. The molecule has 0 unspecified atom stereocenters. The van der Waals surface area contributed by atoms with Crippen LogP contribution in [0.25, 0.3) is 90.1 Å². The van der Waals surface area contributed by atoms with Crippen LogP contribution in [0.15, 0.2) is 194 Å². The maximum atomic E-state index is 5.20. The number of aromatic nitrogens is 5. The standard InChI is InChI=1S/C52H37N5/c1-3-19-43(52-54-50(37-22-10-5-11-23-37)53-51(55-52)38-24-12-6-13-25-38)48-35(2)41-29-18-31-47(49(41)56(48)40-26-14-7-15-27-40)57-45-30-17-16-28-42(45)44-34-39(32-33-46(44)57)36-20-8-4-9-21-36/h3-34H,2H2,1H3/b19-3-,48-43-. The zero-order valence-electron chi connectivity index (χ0n) is 31.4. The molecule has 7 aromatic carbocycles. The van der Waals surface area contributed by atoms with Crippen molar-refractivity contribution in [2.45, 2.75) is 6.92 Å². The molecule has 3 aromatic heterocycles. The summed E-state index contributed by atoms with van der Waals surface area (Å²) in [6.07, 6.45) is 4.15. The summed E-state index contributed by atoms with van der Waals surface area (Å²) in [6.45, 7) is 6.85. The lowest BCUT2D eigenvalue weighted by molar-refractivity contribution is 1.01. The van der Waals surface area contributed by atoms with E-state index in [-0.39, 0.29) is 0 Å². The first-order valence-electron chi connectivity index (χ1n) is 19.2. The number of allylic oxidation sites excluding steroid dienone is 2. The van der Waals surface area contributed by atoms with E-state index in [0.29, 0.717) is 17.5 Å². The molecule has 0 fully saturated rings. The SMILES string of the molecule is C=c1/c(=C(\C=C/C)c2nc(-c3ccccc3)nc(-c3ccccc3)n2)n(-c2ccccc2)c2c(-n3c4ccccc4c4cc(-c5ccccc5)ccc43)cccc12. The van der Waals surface area contributed by atoms with Crippen LogP contribution in [0.1, 0.15) is 12.7 Å². The van der Waals surface area contributed by atoms with Crippen LogP contribution in [0.4, 0.5) is 0 Å². The fourth-order valence-electron chi connectivity index (χ4n) is 8.08. The third-order valence-corrected chi connectivity index (χ3v) is 10.6. The van der Waals surface area contributed by atoms with Gasteiger partial charge in [0.1, 0.15) is 0 Å². The lowest BCUT2D eigenvalue weighted by Gasteiger charge is -2.15. The van der Waals surface area contributed by atoms with Gasteiger partial charge in [0.2, 0.25) is 0 Å². The minimum absolute atomic E-state index is 0.567. The Morgan fingerprint density at radius 3 is 1.70 bits per heavy atom. The van der Waals surface area contributed by atoms with Crippen LogP contribution in [0.2, 0.25) is 0 Å². The molecule has 0 aliphatic rings. The summed E-state index contributed by atoms with van der Waals surface area (Å²) in [5.74, 6) is 1.78. The van der Waals surface area contributed by atoms with Crippen molar-refractivity contribution in [2.75, 3.05) is 0 Å². The number of rotatable bonds is 7. The molecule has 0 aliphatic carbocycles.